The number of hydrogen-bond donors (Lipinski definition) is 1. The summed E-state index contributed by atoms with van der Waals surface area (Å²) in [6, 6.07) is 8.72. The molecule has 1 unspecified atom stereocenters. The number of halogens is 1. The van der Waals surface area contributed by atoms with E-state index in [9.17, 15) is 0 Å². The summed E-state index contributed by atoms with van der Waals surface area (Å²) in [5.74, 6) is 0. The fraction of sp³-hybridized carbons (Fsp3) is 0.385. The molecular formula is C13H16BrN3S. The Morgan fingerprint density at radius 2 is 2.28 bits per heavy atom. The van der Waals surface area contributed by atoms with Gasteiger partial charge in [-0.15, -0.1) is 5.10 Å². The molecule has 0 fully saturated rings. The van der Waals surface area contributed by atoms with E-state index in [2.05, 4.69) is 56.0 Å². The Morgan fingerprint density at radius 3 is 2.89 bits per heavy atom. The molecule has 2 rings (SSSR count). The predicted molar refractivity (Wildman–Crippen MR) is 78.9 cm³/mol. The lowest BCUT2D eigenvalue weighted by Gasteiger charge is -2.16. The van der Waals surface area contributed by atoms with Crippen LogP contribution in [0.3, 0.4) is 0 Å². The van der Waals surface area contributed by atoms with E-state index in [1.165, 1.54) is 22.0 Å². The van der Waals surface area contributed by atoms with Crippen LogP contribution in [0.15, 0.2) is 28.7 Å². The van der Waals surface area contributed by atoms with E-state index in [0.717, 1.165) is 23.1 Å². The van der Waals surface area contributed by atoms with Crippen molar-refractivity contribution in [2.24, 2.45) is 0 Å². The maximum atomic E-state index is 4.10. The highest BCUT2D eigenvalue weighted by atomic mass is 79.9. The summed E-state index contributed by atoms with van der Waals surface area (Å²) in [7, 11) is 0. The summed E-state index contributed by atoms with van der Waals surface area (Å²) >= 11 is 5.00. The highest BCUT2D eigenvalue weighted by Crippen LogP contribution is 2.24. The fourth-order valence-electron chi connectivity index (χ4n) is 1.96. The first-order chi connectivity index (χ1) is 8.70. The number of aryl methyl sites for hydroxylation is 1. The molecule has 1 heterocycles. The van der Waals surface area contributed by atoms with Crippen molar-refractivity contribution in [2.75, 3.05) is 6.54 Å². The largest absolute Gasteiger partial charge is 0.309 e. The lowest BCUT2D eigenvalue weighted by Crippen LogP contribution is -2.22. The van der Waals surface area contributed by atoms with Crippen LogP contribution in [0.25, 0.3) is 0 Å². The highest BCUT2D eigenvalue weighted by molar-refractivity contribution is 9.10. The second-order valence-electron chi connectivity index (χ2n) is 4.17. The predicted octanol–water partition coefficient (Wildman–Crippen LogP) is 3.50. The van der Waals surface area contributed by atoms with Crippen LogP contribution < -0.4 is 5.32 Å². The Hall–Kier alpha value is -0.780. The Bertz CT molecular complexity index is 512. The molecule has 0 saturated heterocycles. The van der Waals surface area contributed by atoms with Gasteiger partial charge in [0.25, 0.3) is 0 Å². The molecule has 0 radical (unpaired) electrons. The van der Waals surface area contributed by atoms with Crippen LogP contribution in [0.5, 0.6) is 0 Å². The van der Waals surface area contributed by atoms with Gasteiger partial charge in [-0.2, -0.15) is 0 Å². The van der Waals surface area contributed by atoms with Crippen molar-refractivity contribution in [1.29, 1.82) is 0 Å². The second-order valence-corrected chi connectivity index (χ2v) is 5.87. The lowest BCUT2D eigenvalue weighted by molar-refractivity contribution is 0.554. The quantitative estimate of drug-likeness (QED) is 0.914. The Labute approximate surface area is 120 Å². The van der Waals surface area contributed by atoms with Crippen molar-refractivity contribution in [2.45, 2.75) is 26.3 Å². The normalized spacial score (nSPS) is 12.6. The average Bonchev–Trinajstić information content (AvgIpc) is 2.75. The smallest absolute Gasteiger partial charge is 0.0772 e. The third-order valence-corrected chi connectivity index (χ3v) is 4.22. The maximum absolute atomic E-state index is 4.10. The summed E-state index contributed by atoms with van der Waals surface area (Å²) < 4.78 is 5.15. The van der Waals surface area contributed by atoms with Crippen LogP contribution in [-0.4, -0.2) is 16.1 Å². The van der Waals surface area contributed by atoms with Gasteiger partial charge in [0.05, 0.1) is 10.6 Å². The molecule has 96 valence electrons. The van der Waals surface area contributed by atoms with Crippen LogP contribution in [0.1, 0.15) is 29.1 Å². The summed E-state index contributed by atoms with van der Waals surface area (Å²) in [6.07, 6.45) is 0.956. The van der Waals surface area contributed by atoms with Crippen molar-refractivity contribution in [3.05, 3.63) is 44.9 Å². The topological polar surface area (TPSA) is 37.8 Å². The number of nitrogens with zero attached hydrogens (tertiary/aromatic N) is 2. The molecule has 18 heavy (non-hydrogen) atoms. The van der Waals surface area contributed by atoms with E-state index in [1.807, 2.05) is 13.0 Å². The van der Waals surface area contributed by atoms with Gasteiger partial charge in [-0.25, -0.2) is 0 Å². The van der Waals surface area contributed by atoms with Gasteiger partial charge in [-0.05, 0) is 49.1 Å². The lowest BCUT2D eigenvalue weighted by atomic mass is 10.0. The molecule has 1 atom stereocenters. The molecule has 0 amide bonds. The number of benzene rings is 1. The molecule has 0 aliphatic carbocycles. The molecule has 0 aliphatic heterocycles. The third-order valence-electron chi connectivity index (χ3n) is 2.78. The van der Waals surface area contributed by atoms with Crippen molar-refractivity contribution in [3.63, 3.8) is 0 Å². The fourth-order valence-corrected chi connectivity index (χ4v) is 3.13. The SMILES string of the molecule is CCNC(Cc1cccc(Br)c1)c1snnc1C. The van der Waals surface area contributed by atoms with Gasteiger partial charge in [0.2, 0.25) is 0 Å². The molecule has 0 spiro atoms. The standard InChI is InChI=1S/C13H16BrN3S/c1-3-15-12(13-9(2)16-17-18-13)8-10-5-4-6-11(14)7-10/h4-7,12,15H,3,8H2,1-2H3. The molecule has 5 heteroatoms. The van der Waals surface area contributed by atoms with E-state index in [0.29, 0.717) is 6.04 Å². The van der Waals surface area contributed by atoms with E-state index < -0.39 is 0 Å². The molecule has 1 aromatic heterocycles. The van der Waals surface area contributed by atoms with E-state index in [1.54, 1.807) is 0 Å². The monoisotopic (exact) mass is 325 g/mol. The number of likely N-dealkylation sites (N-methyl/N-ethyl adjacent to an activating group) is 1. The first-order valence-electron chi connectivity index (χ1n) is 5.97. The Balaban J connectivity index is 2.19. The zero-order chi connectivity index (χ0) is 13.0. The Kier molecular flexibility index (Phi) is 4.86. The number of nitrogens with one attached hydrogen (secondary N) is 1. The first kappa shape index (κ1) is 13.6. The van der Waals surface area contributed by atoms with Crippen LogP contribution in [0.2, 0.25) is 0 Å². The number of hydrogen-bond acceptors (Lipinski definition) is 4. The minimum atomic E-state index is 0.296. The third kappa shape index (κ3) is 3.37. The average molecular weight is 326 g/mol. The summed E-state index contributed by atoms with van der Waals surface area (Å²) in [5, 5.41) is 7.61. The van der Waals surface area contributed by atoms with Crippen LogP contribution in [0.4, 0.5) is 0 Å². The van der Waals surface area contributed by atoms with E-state index in [-0.39, 0.29) is 0 Å². The molecule has 2 aromatic rings. The minimum Gasteiger partial charge on any atom is -0.309 e. The molecular weight excluding hydrogens is 310 g/mol. The molecule has 0 aliphatic rings. The second kappa shape index (κ2) is 6.41. The molecule has 0 saturated carbocycles. The van der Waals surface area contributed by atoms with E-state index >= 15 is 0 Å². The van der Waals surface area contributed by atoms with Gasteiger partial charge < -0.3 is 5.32 Å². The van der Waals surface area contributed by atoms with Gasteiger partial charge >= 0.3 is 0 Å². The molecule has 1 aromatic carbocycles. The van der Waals surface area contributed by atoms with Gasteiger partial charge in [-0.1, -0.05) is 39.5 Å². The van der Waals surface area contributed by atoms with Crippen LogP contribution in [-0.2, 0) is 6.42 Å². The van der Waals surface area contributed by atoms with Crippen molar-refractivity contribution in [3.8, 4) is 0 Å². The van der Waals surface area contributed by atoms with Gasteiger partial charge in [0, 0.05) is 10.5 Å². The van der Waals surface area contributed by atoms with Crippen molar-refractivity contribution < 1.29 is 0 Å². The zero-order valence-corrected chi connectivity index (χ0v) is 12.9. The molecule has 3 nitrogen and oxygen atoms in total. The zero-order valence-electron chi connectivity index (χ0n) is 10.5. The van der Waals surface area contributed by atoms with E-state index in [4.69, 9.17) is 0 Å². The van der Waals surface area contributed by atoms with Gasteiger partial charge in [0.1, 0.15) is 0 Å². The minimum absolute atomic E-state index is 0.296. The Morgan fingerprint density at radius 1 is 1.44 bits per heavy atom. The first-order valence-corrected chi connectivity index (χ1v) is 7.54. The maximum Gasteiger partial charge on any atom is 0.0772 e. The van der Waals surface area contributed by atoms with Gasteiger partial charge in [0.15, 0.2) is 0 Å². The van der Waals surface area contributed by atoms with Gasteiger partial charge in [-0.3, -0.25) is 0 Å². The highest BCUT2D eigenvalue weighted by Gasteiger charge is 2.16. The molecule has 0 bridgehead atoms. The summed E-state index contributed by atoms with van der Waals surface area (Å²) in [5.41, 5.74) is 2.34. The number of rotatable bonds is 5. The van der Waals surface area contributed by atoms with Crippen molar-refractivity contribution >= 4 is 27.5 Å². The number of aromatic nitrogens is 2. The van der Waals surface area contributed by atoms with Crippen molar-refractivity contribution in [1.82, 2.24) is 14.9 Å². The molecule has 1 N–H and O–H groups in total. The summed E-state index contributed by atoms with van der Waals surface area (Å²) in [6.45, 7) is 5.08. The van der Waals surface area contributed by atoms with Crippen LogP contribution >= 0.6 is 27.5 Å². The summed E-state index contributed by atoms with van der Waals surface area (Å²) in [4.78, 5) is 1.23. The van der Waals surface area contributed by atoms with Crippen LogP contribution in [0, 0.1) is 6.92 Å².